The van der Waals surface area contributed by atoms with E-state index in [1.165, 1.54) is 11.8 Å². The maximum Gasteiger partial charge on any atom is 0.317 e. The number of Topliss-reactive ketones (excluding diaryl/α,β-unsaturated/α-hetero) is 1. The van der Waals surface area contributed by atoms with Crippen molar-refractivity contribution in [1.29, 1.82) is 0 Å². The first-order valence-corrected chi connectivity index (χ1v) is 6.01. The van der Waals surface area contributed by atoms with Gasteiger partial charge < -0.3 is 4.74 Å². The van der Waals surface area contributed by atoms with E-state index < -0.39 is 11.9 Å². The average molecular weight is 237 g/mol. The Kier molecular flexibility index (Phi) is 3.24. The largest absolute Gasteiger partial charge is 0.465 e. The van der Waals surface area contributed by atoms with Crippen LogP contribution in [-0.4, -0.2) is 29.1 Å². The molecule has 0 amide bonds. The predicted molar refractivity (Wildman–Crippen MR) is 59.4 cm³/mol. The number of thioether (sulfide) groups is 1. The smallest absolute Gasteiger partial charge is 0.317 e. The molecule has 0 fully saturated rings. The van der Waals surface area contributed by atoms with Crippen molar-refractivity contribution in [2.24, 2.45) is 5.92 Å². The summed E-state index contributed by atoms with van der Waals surface area (Å²) in [5.74, 6) is -0.877. The number of fused-ring (bicyclic) bond motifs is 1. The molecule has 4 nitrogen and oxygen atoms in total. The normalized spacial score (nSPS) is 19.1. The molecule has 1 aromatic heterocycles. The van der Waals surface area contributed by atoms with Crippen LogP contribution in [0.2, 0.25) is 0 Å². The fourth-order valence-electron chi connectivity index (χ4n) is 1.54. The van der Waals surface area contributed by atoms with E-state index in [-0.39, 0.29) is 5.78 Å². The van der Waals surface area contributed by atoms with Gasteiger partial charge in [0.25, 0.3) is 0 Å². The molecule has 16 heavy (non-hydrogen) atoms. The lowest BCUT2D eigenvalue weighted by Gasteiger charge is -2.20. The number of carbonyl (C=O) groups is 2. The standard InChI is InChI=1S/C11H11NO3S/c1-2-15-11(14)8-6-16-10-7(9(8)13)4-3-5-12-10/h3-5,8H,2,6H2,1H3. The number of pyridine rings is 1. The Balaban J connectivity index is 2.24. The zero-order valence-corrected chi connectivity index (χ0v) is 9.62. The highest BCUT2D eigenvalue weighted by molar-refractivity contribution is 7.99. The van der Waals surface area contributed by atoms with Crippen LogP contribution in [0.1, 0.15) is 17.3 Å². The molecule has 1 unspecified atom stereocenters. The van der Waals surface area contributed by atoms with Gasteiger partial charge in [-0.1, -0.05) is 0 Å². The summed E-state index contributed by atoms with van der Waals surface area (Å²) in [4.78, 5) is 27.6. The summed E-state index contributed by atoms with van der Waals surface area (Å²) in [5, 5.41) is 0.702. The number of hydrogen-bond acceptors (Lipinski definition) is 5. The van der Waals surface area contributed by atoms with E-state index >= 15 is 0 Å². The first kappa shape index (κ1) is 11.1. The highest BCUT2D eigenvalue weighted by Crippen LogP contribution is 2.31. The second-order valence-electron chi connectivity index (χ2n) is 3.34. The first-order chi connectivity index (χ1) is 7.74. The van der Waals surface area contributed by atoms with Gasteiger partial charge in [0.2, 0.25) is 0 Å². The van der Waals surface area contributed by atoms with Gasteiger partial charge in [-0.2, -0.15) is 0 Å². The number of ketones is 1. The van der Waals surface area contributed by atoms with Crippen LogP contribution in [0.25, 0.3) is 0 Å². The minimum atomic E-state index is -0.679. The Hall–Kier alpha value is -1.36. The number of hydrogen-bond donors (Lipinski definition) is 0. The molecule has 1 aliphatic heterocycles. The van der Waals surface area contributed by atoms with Gasteiger partial charge in [0.15, 0.2) is 5.78 Å². The molecule has 0 aromatic carbocycles. The summed E-state index contributed by atoms with van der Waals surface area (Å²) in [6, 6.07) is 3.40. The Morgan fingerprint density at radius 3 is 3.25 bits per heavy atom. The molecule has 0 N–H and O–H groups in total. The lowest BCUT2D eigenvalue weighted by molar-refractivity contribution is -0.145. The Bertz CT molecular complexity index is 433. The highest BCUT2D eigenvalue weighted by Gasteiger charge is 2.34. The van der Waals surface area contributed by atoms with Crippen molar-refractivity contribution in [3.05, 3.63) is 23.9 Å². The fraction of sp³-hybridized carbons (Fsp3) is 0.364. The minimum absolute atomic E-state index is 0.180. The molecule has 0 radical (unpaired) electrons. The van der Waals surface area contributed by atoms with Gasteiger partial charge in [0.1, 0.15) is 10.9 Å². The maximum absolute atomic E-state index is 12.0. The molecule has 2 rings (SSSR count). The van der Waals surface area contributed by atoms with Gasteiger partial charge in [-0.15, -0.1) is 11.8 Å². The van der Waals surface area contributed by atoms with Crippen molar-refractivity contribution in [3.8, 4) is 0 Å². The highest BCUT2D eigenvalue weighted by atomic mass is 32.2. The third-order valence-corrected chi connectivity index (χ3v) is 3.41. The molecule has 84 valence electrons. The third-order valence-electron chi connectivity index (χ3n) is 2.31. The van der Waals surface area contributed by atoms with Crippen molar-refractivity contribution in [2.45, 2.75) is 11.9 Å². The van der Waals surface area contributed by atoms with E-state index in [0.717, 1.165) is 0 Å². The van der Waals surface area contributed by atoms with Crippen LogP contribution in [0.5, 0.6) is 0 Å². The van der Waals surface area contributed by atoms with E-state index in [4.69, 9.17) is 4.74 Å². The van der Waals surface area contributed by atoms with E-state index in [9.17, 15) is 9.59 Å². The number of esters is 1. The van der Waals surface area contributed by atoms with Gasteiger partial charge in [-0.25, -0.2) is 4.98 Å². The molecule has 0 spiro atoms. The molecular formula is C11H11NO3S. The van der Waals surface area contributed by atoms with E-state index in [0.29, 0.717) is 22.9 Å². The van der Waals surface area contributed by atoms with E-state index in [2.05, 4.69) is 4.98 Å². The molecule has 0 saturated heterocycles. The predicted octanol–water partition coefficient (Wildman–Crippen LogP) is 1.55. The topological polar surface area (TPSA) is 56.3 Å². The van der Waals surface area contributed by atoms with Crippen LogP contribution in [0.4, 0.5) is 0 Å². The van der Waals surface area contributed by atoms with Gasteiger partial charge >= 0.3 is 5.97 Å². The summed E-state index contributed by atoms with van der Waals surface area (Å²) in [6.45, 7) is 2.03. The molecule has 2 heterocycles. The average Bonchev–Trinajstić information content (AvgIpc) is 2.30. The monoisotopic (exact) mass is 237 g/mol. The van der Waals surface area contributed by atoms with Crippen molar-refractivity contribution in [1.82, 2.24) is 4.98 Å². The molecule has 1 atom stereocenters. The molecule has 5 heteroatoms. The van der Waals surface area contributed by atoms with Gasteiger partial charge in [-0.3, -0.25) is 9.59 Å². The second-order valence-corrected chi connectivity index (χ2v) is 4.34. The van der Waals surface area contributed by atoms with E-state index in [1.807, 2.05) is 0 Å². The Labute approximate surface area is 97.4 Å². The maximum atomic E-state index is 12.0. The number of carbonyl (C=O) groups excluding carboxylic acids is 2. The number of rotatable bonds is 2. The number of ether oxygens (including phenoxy) is 1. The van der Waals surface area contributed by atoms with Crippen LogP contribution < -0.4 is 0 Å². The van der Waals surface area contributed by atoms with Gasteiger partial charge in [0.05, 0.1) is 12.2 Å². The lowest BCUT2D eigenvalue weighted by Crippen LogP contribution is -2.31. The van der Waals surface area contributed by atoms with Crippen LogP contribution in [0.3, 0.4) is 0 Å². The van der Waals surface area contributed by atoms with Crippen molar-refractivity contribution < 1.29 is 14.3 Å². The van der Waals surface area contributed by atoms with E-state index in [1.54, 1.807) is 25.3 Å². The van der Waals surface area contributed by atoms with Gasteiger partial charge in [0, 0.05) is 11.9 Å². The molecule has 0 bridgehead atoms. The molecule has 0 aliphatic carbocycles. The Morgan fingerprint density at radius 2 is 2.50 bits per heavy atom. The lowest BCUT2D eigenvalue weighted by atomic mass is 10.0. The van der Waals surface area contributed by atoms with Crippen LogP contribution in [-0.2, 0) is 9.53 Å². The summed E-state index contributed by atoms with van der Waals surface area (Å²) in [5.41, 5.74) is 0.525. The van der Waals surface area contributed by atoms with Gasteiger partial charge in [-0.05, 0) is 19.1 Å². The fourth-order valence-corrected chi connectivity index (χ4v) is 2.61. The van der Waals surface area contributed by atoms with Crippen molar-refractivity contribution in [3.63, 3.8) is 0 Å². The summed E-state index contributed by atoms with van der Waals surface area (Å²) < 4.78 is 4.87. The van der Waals surface area contributed by atoms with Crippen LogP contribution >= 0.6 is 11.8 Å². The quantitative estimate of drug-likeness (QED) is 0.577. The molecule has 1 aliphatic rings. The zero-order valence-electron chi connectivity index (χ0n) is 8.80. The van der Waals surface area contributed by atoms with Crippen molar-refractivity contribution in [2.75, 3.05) is 12.4 Å². The second kappa shape index (κ2) is 4.65. The summed E-state index contributed by atoms with van der Waals surface area (Å²) in [7, 11) is 0. The third kappa shape index (κ3) is 1.95. The SMILES string of the molecule is CCOC(=O)C1CSc2ncccc2C1=O. The number of nitrogens with zero attached hydrogens (tertiary/aromatic N) is 1. The van der Waals surface area contributed by atoms with Crippen molar-refractivity contribution >= 4 is 23.5 Å². The molecule has 1 aromatic rings. The molecular weight excluding hydrogens is 226 g/mol. The summed E-state index contributed by atoms with van der Waals surface area (Å²) in [6.07, 6.45) is 1.64. The number of aromatic nitrogens is 1. The Morgan fingerprint density at radius 1 is 1.69 bits per heavy atom. The molecule has 0 saturated carbocycles. The summed E-state index contributed by atoms with van der Waals surface area (Å²) >= 11 is 1.42. The first-order valence-electron chi connectivity index (χ1n) is 5.02. The van der Waals surface area contributed by atoms with Crippen LogP contribution in [0.15, 0.2) is 23.4 Å². The van der Waals surface area contributed by atoms with Crippen LogP contribution in [0, 0.1) is 5.92 Å². The zero-order chi connectivity index (χ0) is 11.5. The minimum Gasteiger partial charge on any atom is -0.465 e.